The molecule has 0 radical (unpaired) electrons. The second kappa shape index (κ2) is 7.07. The smallest absolute Gasteiger partial charge is 0.205 e. The lowest BCUT2D eigenvalue weighted by Crippen LogP contribution is -2.19. The number of fused-ring (bicyclic) bond motifs is 6. The highest BCUT2D eigenvalue weighted by molar-refractivity contribution is 7.30. The van der Waals surface area contributed by atoms with Crippen LogP contribution in [0.2, 0.25) is 0 Å². The summed E-state index contributed by atoms with van der Waals surface area (Å²) in [5.41, 5.74) is 7.13. The number of hydrogen-bond acceptors (Lipinski definition) is 7. The zero-order chi connectivity index (χ0) is 25.3. The van der Waals surface area contributed by atoms with Crippen molar-refractivity contribution in [2.45, 2.75) is 26.7 Å². The molecule has 2 aromatic carbocycles. The van der Waals surface area contributed by atoms with Crippen LogP contribution in [-0.4, -0.2) is 23.1 Å². The number of Topliss-reactive ketones (excluding diaryl/α,β-unsaturated/α-hetero) is 2. The van der Waals surface area contributed by atoms with E-state index in [0.29, 0.717) is 34.4 Å². The molecule has 5 aromatic rings. The summed E-state index contributed by atoms with van der Waals surface area (Å²) >= 11 is 4.52. The topological polar surface area (TPSA) is 68.3 Å². The fraction of sp³-hybridized carbons (Fsp3) is 0.133. The summed E-state index contributed by atoms with van der Waals surface area (Å²) in [7, 11) is 0. The van der Waals surface area contributed by atoms with E-state index in [-0.39, 0.29) is 23.1 Å². The van der Waals surface area contributed by atoms with Crippen molar-refractivity contribution in [1.29, 1.82) is 0 Å². The van der Waals surface area contributed by atoms with Crippen LogP contribution in [0.3, 0.4) is 0 Å². The number of carbonyl (C=O) groups excluding carboxylic acids is 4. The fourth-order valence-electron chi connectivity index (χ4n) is 5.88. The maximum Gasteiger partial charge on any atom is 0.205 e. The number of thiophene rings is 3. The van der Waals surface area contributed by atoms with Gasteiger partial charge in [-0.1, -0.05) is 24.3 Å². The molecular formula is C30H16O4S3. The van der Waals surface area contributed by atoms with E-state index in [1.165, 1.54) is 22.7 Å². The monoisotopic (exact) mass is 536 g/mol. The third-order valence-corrected chi connectivity index (χ3v) is 11.4. The Hall–Kier alpha value is -3.52. The molecule has 0 saturated carbocycles. The Morgan fingerprint density at radius 3 is 1.73 bits per heavy atom. The third-order valence-electron chi connectivity index (χ3n) is 7.73. The van der Waals surface area contributed by atoms with E-state index in [2.05, 4.69) is 6.07 Å². The Labute approximate surface area is 223 Å². The number of aryl methyl sites for hydroxylation is 2. The largest absolute Gasteiger partial charge is 0.294 e. The van der Waals surface area contributed by atoms with Crippen molar-refractivity contribution >= 4 is 67.2 Å². The molecule has 0 amide bonds. The molecule has 4 nitrogen and oxygen atoms in total. The number of carbonyl (C=O) groups is 4. The van der Waals surface area contributed by atoms with Gasteiger partial charge in [0.25, 0.3) is 0 Å². The summed E-state index contributed by atoms with van der Waals surface area (Å²) in [5.74, 6) is 0.166. The predicted octanol–water partition coefficient (Wildman–Crippen LogP) is 7.23. The Bertz CT molecular complexity index is 1980. The number of hydrogen-bond donors (Lipinski definition) is 0. The Morgan fingerprint density at radius 1 is 0.595 bits per heavy atom. The van der Waals surface area contributed by atoms with E-state index in [1.807, 2.05) is 44.2 Å². The van der Waals surface area contributed by atoms with Crippen LogP contribution in [-0.2, 0) is 12.8 Å². The number of rotatable bonds is 2. The highest BCUT2D eigenvalue weighted by atomic mass is 32.1. The summed E-state index contributed by atoms with van der Waals surface area (Å²) in [6.45, 7) is 3.82. The van der Waals surface area contributed by atoms with Gasteiger partial charge in [0, 0.05) is 55.1 Å². The molecule has 0 unspecified atom stereocenters. The number of benzene rings is 2. The summed E-state index contributed by atoms with van der Waals surface area (Å²) < 4.78 is 0.931. The fourth-order valence-corrected chi connectivity index (χ4v) is 9.65. The minimum atomic E-state index is -0.0786. The van der Waals surface area contributed by atoms with Gasteiger partial charge in [-0.2, -0.15) is 0 Å². The minimum absolute atomic E-state index is 0.0694. The van der Waals surface area contributed by atoms with Gasteiger partial charge in [-0.15, -0.1) is 34.0 Å². The molecule has 0 spiro atoms. The van der Waals surface area contributed by atoms with Crippen LogP contribution in [0.4, 0.5) is 0 Å². The van der Waals surface area contributed by atoms with Crippen molar-refractivity contribution in [3.05, 3.63) is 90.0 Å². The van der Waals surface area contributed by atoms with Crippen LogP contribution in [0, 0.1) is 13.8 Å². The van der Waals surface area contributed by atoms with Gasteiger partial charge >= 0.3 is 0 Å². The molecule has 3 aliphatic rings. The lowest BCUT2D eigenvalue weighted by Gasteiger charge is -2.18. The zero-order valence-electron chi connectivity index (χ0n) is 19.7. The van der Waals surface area contributed by atoms with Gasteiger partial charge in [0.05, 0.1) is 20.0 Å². The van der Waals surface area contributed by atoms with E-state index >= 15 is 0 Å². The van der Waals surface area contributed by atoms with E-state index in [0.717, 1.165) is 63.0 Å². The maximum atomic E-state index is 14.0. The molecule has 0 N–H and O–H groups in total. The lowest BCUT2D eigenvalue weighted by atomic mass is 9.84. The molecule has 0 saturated heterocycles. The predicted molar refractivity (Wildman–Crippen MR) is 147 cm³/mol. The summed E-state index contributed by atoms with van der Waals surface area (Å²) in [6, 6.07) is 11.8. The van der Waals surface area contributed by atoms with Crippen LogP contribution in [0.5, 0.6) is 0 Å². The summed E-state index contributed by atoms with van der Waals surface area (Å²) in [4.78, 5) is 55.8. The molecule has 3 aromatic heterocycles. The second-order valence-electron chi connectivity index (χ2n) is 9.84. The van der Waals surface area contributed by atoms with Crippen LogP contribution in [0.1, 0.15) is 72.8 Å². The molecule has 3 heterocycles. The highest BCUT2D eigenvalue weighted by Crippen LogP contribution is 2.53. The van der Waals surface area contributed by atoms with Crippen molar-refractivity contribution in [2.24, 2.45) is 0 Å². The number of ketones is 4. The molecule has 0 aliphatic heterocycles. The first-order chi connectivity index (χ1) is 17.8. The van der Waals surface area contributed by atoms with Crippen molar-refractivity contribution in [3.8, 4) is 20.9 Å². The van der Waals surface area contributed by atoms with Crippen molar-refractivity contribution < 1.29 is 19.2 Å². The lowest BCUT2D eigenvalue weighted by molar-refractivity contribution is 0.0960. The van der Waals surface area contributed by atoms with Crippen LogP contribution < -0.4 is 0 Å². The Balaban J connectivity index is 1.43. The average molecular weight is 537 g/mol. The molecule has 0 bridgehead atoms. The normalized spacial score (nSPS) is 15.3. The molecule has 0 fully saturated rings. The molecule has 7 heteroatoms. The van der Waals surface area contributed by atoms with Gasteiger partial charge in [-0.3, -0.25) is 19.2 Å². The van der Waals surface area contributed by atoms with Crippen LogP contribution >= 0.6 is 34.0 Å². The molecule has 0 atom stereocenters. The van der Waals surface area contributed by atoms with Crippen molar-refractivity contribution in [1.82, 2.24) is 0 Å². The van der Waals surface area contributed by atoms with E-state index < -0.39 is 0 Å². The highest BCUT2D eigenvalue weighted by Gasteiger charge is 2.39. The minimum Gasteiger partial charge on any atom is -0.294 e. The van der Waals surface area contributed by atoms with Crippen molar-refractivity contribution in [3.63, 3.8) is 0 Å². The zero-order valence-corrected chi connectivity index (χ0v) is 22.2. The first kappa shape index (κ1) is 21.6. The maximum absolute atomic E-state index is 14.0. The molecule has 178 valence electrons. The molecule has 37 heavy (non-hydrogen) atoms. The quantitative estimate of drug-likeness (QED) is 0.234. The second-order valence-corrected chi connectivity index (χ2v) is 13.3. The first-order valence-electron chi connectivity index (χ1n) is 11.9. The van der Waals surface area contributed by atoms with Gasteiger partial charge in [0.1, 0.15) is 0 Å². The molecule has 3 aliphatic carbocycles. The first-order valence-corrected chi connectivity index (χ1v) is 14.4. The van der Waals surface area contributed by atoms with Gasteiger partial charge in [0.2, 0.25) is 5.78 Å². The average Bonchev–Trinajstić information content (AvgIpc) is 3.51. The Kier molecular flexibility index (Phi) is 4.12. The molecule has 8 rings (SSSR count). The van der Waals surface area contributed by atoms with E-state index in [9.17, 15) is 19.2 Å². The van der Waals surface area contributed by atoms with Gasteiger partial charge in [-0.05, 0) is 48.2 Å². The molecular weight excluding hydrogens is 521 g/mol. The summed E-state index contributed by atoms with van der Waals surface area (Å²) in [5, 5.41) is 0.830. The van der Waals surface area contributed by atoms with Gasteiger partial charge in [0.15, 0.2) is 17.3 Å². The van der Waals surface area contributed by atoms with Crippen LogP contribution in [0.25, 0.3) is 31.0 Å². The van der Waals surface area contributed by atoms with Gasteiger partial charge < -0.3 is 0 Å². The van der Waals surface area contributed by atoms with Gasteiger partial charge in [-0.25, -0.2) is 0 Å². The van der Waals surface area contributed by atoms with E-state index in [4.69, 9.17) is 0 Å². The van der Waals surface area contributed by atoms with Crippen molar-refractivity contribution in [2.75, 3.05) is 0 Å². The third kappa shape index (κ3) is 2.66. The Morgan fingerprint density at radius 2 is 1.16 bits per heavy atom. The van der Waals surface area contributed by atoms with Crippen LogP contribution in [0.15, 0.2) is 36.4 Å². The summed E-state index contributed by atoms with van der Waals surface area (Å²) in [6.07, 6.45) is 0.874. The standard InChI is InChI=1S/C30H16O4S3/c1-11-21-22(12(2)35-11)26(34)29-23(25(21)33)24-27(13-3-5-17-15(7-13)9-19(17)31)36-28(30(24)37-29)14-4-6-18-16(8-14)10-20(18)32/h3-8H,9-10H2,1-2H3. The van der Waals surface area contributed by atoms with E-state index in [1.54, 1.807) is 11.3 Å². The SMILES string of the molecule is Cc1sc(C)c2c1C(=O)c1sc3c(-c4ccc5c(c4)CC5=O)sc(-c4ccc5c(c4)CC5=O)c3c1C2=O.